The average Bonchev–Trinajstić information content (AvgIpc) is 2.59. The van der Waals surface area contributed by atoms with Crippen molar-refractivity contribution in [3.05, 3.63) is 0 Å². The Kier molecular flexibility index (Phi) is 3.92. The number of nitrogens with one attached hydrogen (secondary N) is 1. The summed E-state index contributed by atoms with van der Waals surface area (Å²) in [6.07, 6.45) is 3.78. The van der Waals surface area contributed by atoms with Crippen LogP contribution in [0.25, 0.3) is 0 Å². The first-order valence-electron chi connectivity index (χ1n) is 6.84. The lowest BCUT2D eigenvalue weighted by Crippen LogP contribution is -2.44. The summed E-state index contributed by atoms with van der Waals surface area (Å²) in [6, 6.07) is 1.09. The normalized spacial score (nSPS) is 30.5. The molecule has 2 saturated heterocycles. The van der Waals surface area contributed by atoms with E-state index in [4.69, 9.17) is 0 Å². The van der Waals surface area contributed by atoms with Gasteiger partial charge in [-0.1, -0.05) is 20.3 Å². The number of likely N-dealkylation sites (N-methyl/N-ethyl adjacent to an activating group) is 1. The van der Waals surface area contributed by atoms with E-state index in [1.54, 1.807) is 0 Å². The van der Waals surface area contributed by atoms with Crippen molar-refractivity contribution >= 4 is 6.03 Å². The first-order chi connectivity index (χ1) is 8.09. The minimum absolute atomic E-state index is 0.205. The molecule has 0 spiro atoms. The molecule has 2 fully saturated rings. The van der Waals surface area contributed by atoms with Gasteiger partial charge in [-0.05, 0) is 25.3 Å². The third-order valence-corrected chi connectivity index (χ3v) is 4.10. The number of amides is 2. The Morgan fingerprint density at radius 1 is 1.41 bits per heavy atom. The van der Waals surface area contributed by atoms with E-state index in [0.29, 0.717) is 18.0 Å². The van der Waals surface area contributed by atoms with E-state index >= 15 is 0 Å². The second kappa shape index (κ2) is 5.25. The smallest absolute Gasteiger partial charge is 0.320 e. The van der Waals surface area contributed by atoms with Crippen LogP contribution in [0.1, 0.15) is 33.1 Å². The van der Waals surface area contributed by atoms with Gasteiger partial charge < -0.3 is 15.1 Å². The maximum absolute atomic E-state index is 12.1. The molecule has 4 heteroatoms. The van der Waals surface area contributed by atoms with Gasteiger partial charge in [0.25, 0.3) is 0 Å². The summed E-state index contributed by atoms with van der Waals surface area (Å²) >= 11 is 0. The molecular formula is C13H25N3O. The highest BCUT2D eigenvalue weighted by Gasteiger charge is 2.36. The van der Waals surface area contributed by atoms with Gasteiger partial charge in [-0.15, -0.1) is 0 Å². The van der Waals surface area contributed by atoms with Crippen molar-refractivity contribution in [2.75, 3.05) is 26.7 Å². The van der Waals surface area contributed by atoms with Crippen molar-refractivity contribution < 1.29 is 4.79 Å². The summed E-state index contributed by atoms with van der Waals surface area (Å²) in [7, 11) is 1.93. The summed E-state index contributed by atoms with van der Waals surface area (Å²) < 4.78 is 0. The average molecular weight is 239 g/mol. The van der Waals surface area contributed by atoms with Crippen LogP contribution in [0.3, 0.4) is 0 Å². The fourth-order valence-electron chi connectivity index (χ4n) is 2.95. The van der Waals surface area contributed by atoms with Crippen LogP contribution in [0.5, 0.6) is 0 Å². The fourth-order valence-corrected chi connectivity index (χ4v) is 2.95. The third-order valence-electron chi connectivity index (χ3n) is 4.10. The lowest BCUT2D eigenvalue weighted by atomic mass is 10.0. The number of carbonyl (C=O) groups is 1. The zero-order valence-corrected chi connectivity index (χ0v) is 11.3. The number of urea groups is 1. The highest BCUT2D eigenvalue weighted by Crippen LogP contribution is 2.21. The minimum atomic E-state index is 0.205. The van der Waals surface area contributed by atoms with E-state index in [1.165, 1.54) is 19.3 Å². The van der Waals surface area contributed by atoms with Crippen LogP contribution in [0, 0.1) is 5.92 Å². The van der Waals surface area contributed by atoms with Crippen LogP contribution in [0.15, 0.2) is 0 Å². The topological polar surface area (TPSA) is 35.6 Å². The first kappa shape index (κ1) is 12.7. The van der Waals surface area contributed by atoms with Crippen molar-refractivity contribution in [1.82, 2.24) is 15.1 Å². The van der Waals surface area contributed by atoms with E-state index in [2.05, 4.69) is 19.2 Å². The Bertz CT molecular complexity index is 274. The molecule has 98 valence electrons. The molecule has 2 amide bonds. The molecule has 0 aliphatic carbocycles. The molecule has 0 radical (unpaired) electrons. The number of piperidine rings is 1. The molecule has 2 heterocycles. The Morgan fingerprint density at radius 3 is 2.71 bits per heavy atom. The van der Waals surface area contributed by atoms with Gasteiger partial charge in [0.05, 0.1) is 6.04 Å². The van der Waals surface area contributed by atoms with Crippen molar-refractivity contribution in [1.29, 1.82) is 0 Å². The molecule has 2 aliphatic heterocycles. The van der Waals surface area contributed by atoms with Crippen molar-refractivity contribution in [2.45, 2.75) is 45.2 Å². The molecule has 2 rings (SSSR count). The summed E-state index contributed by atoms with van der Waals surface area (Å²) in [5.74, 6) is 0.535. The molecule has 2 unspecified atom stereocenters. The molecule has 4 nitrogen and oxygen atoms in total. The van der Waals surface area contributed by atoms with Gasteiger partial charge in [-0.2, -0.15) is 0 Å². The number of hydrogen-bond donors (Lipinski definition) is 1. The molecule has 0 bridgehead atoms. The van der Waals surface area contributed by atoms with Gasteiger partial charge in [0.2, 0.25) is 0 Å². The Labute approximate surface area is 104 Å². The van der Waals surface area contributed by atoms with Crippen LogP contribution in [0.4, 0.5) is 4.79 Å². The molecule has 17 heavy (non-hydrogen) atoms. The lowest BCUT2D eigenvalue weighted by Gasteiger charge is -2.27. The van der Waals surface area contributed by atoms with Crippen LogP contribution in [0.2, 0.25) is 0 Å². The summed E-state index contributed by atoms with van der Waals surface area (Å²) in [5, 5.41) is 3.51. The maximum Gasteiger partial charge on any atom is 0.320 e. The molecule has 0 aromatic carbocycles. The van der Waals surface area contributed by atoms with Gasteiger partial charge in [-0.3, -0.25) is 0 Å². The maximum atomic E-state index is 12.1. The minimum Gasteiger partial charge on any atom is -0.323 e. The van der Waals surface area contributed by atoms with E-state index in [-0.39, 0.29) is 6.03 Å². The van der Waals surface area contributed by atoms with Crippen LogP contribution in [-0.4, -0.2) is 54.6 Å². The quantitative estimate of drug-likeness (QED) is 0.810. The number of carbonyl (C=O) groups excluding carboxylic acids is 1. The third kappa shape index (κ3) is 2.73. The van der Waals surface area contributed by atoms with Crippen LogP contribution < -0.4 is 5.32 Å². The van der Waals surface area contributed by atoms with Gasteiger partial charge in [0, 0.05) is 26.2 Å². The van der Waals surface area contributed by atoms with Crippen molar-refractivity contribution in [2.24, 2.45) is 5.92 Å². The van der Waals surface area contributed by atoms with E-state index in [1.807, 2.05) is 16.8 Å². The first-order valence-corrected chi connectivity index (χ1v) is 6.84. The number of rotatable bonds is 3. The highest BCUT2D eigenvalue weighted by atomic mass is 16.2. The van der Waals surface area contributed by atoms with Gasteiger partial charge in [0.15, 0.2) is 0 Å². The zero-order valence-electron chi connectivity index (χ0n) is 11.3. The number of hydrogen-bond acceptors (Lipinski definition) is 2. The Balaban J connectivity index is 1.91. The van der Waals surface area contributed by atoms with E-state index in [0.717, 1.165) is 19.6 Å². The van der Waals surface area contributed by atoms with Crippen molar-refractivity contribution in [3.8, 4) is 0 Å². The molecule has 2 atom stereocenters. The zero-order chi connectivity index (χ0) is 12.4. The molecule has 2 aliphatic rings. The predicted molar refractivity (Wildman–Crippen MR) is 69.0 cm³/mol. The molecule has 1 N–H and O–H groups in total. The van der Waals surface area contributed by atoms with Crippen LogP contribution >= 0.6 is 0 Å². The Morgan fingerprint density at radius 2 is 2.18 bits per heavy atom. The van der Waals surface area contributed by atoms with Crippen molar-refractivity contribution in [3.63, 3.8) is 0 Å². The standard InChI is InChI=1S/C13H25N3O/c1-10(2)12-9-16(13(17)15(12)3)8-11-6-4-5-7-14-11/h10-12,14H,4-9H2,1-3H3. The molecule has 0 aromatic heterocycles. The lowest BCUT2D eigenvalue weighted by molar-refractivity contribution is 0.186. The van der Waals surface area contributed by atoms with Gasteiger partial charge in [-0.25, -0.2) is 4.79 Å². The SMILES string of the molecule is CC(C)C1CN(CC2CCCCN2)C(=O)N1C. The van der Waals surface area contributed by atoms with E-state index in [9.17, 15) is 4.79 Å². The molecular weight excluding hydrogens is 214 g/mol. The largest absolute Gasteiger partial charge is 0.323 e. The van der Waals surface area contributed by atoms with Crippen LogP contribution in [-0.2, 0) is 0 Å². The second-order valence-electron chi connectivity index (χ2n) is 5.76. The fraction of sp³-hybridized carbons (Fsp3) is 0.923. The van der Waals surface area contributed by atoms with E-state index < -0.39 is 0 Å². The summed E-state index contributed by atoms with van der Waals surface area (Å²) in [5.41, 5.74) is 0. The summed E-state index contributed by atoms with van der Waals surface area (Å²) in [4.78, 5) is 16.0. The second-order valence-corrected chi connectivity index (χ2v) is 5.76. The van der Waals surface area contributed by atoms with Gasteiger partial charge in [0.1, 0.15) is 0 Å². The molecule has 0 saturated carbocycles. The highest BCUT2D eigenvalue weighted by molar-refractivity contribution is 5.77. The predicted octanol–water partition coefficient (Wildman–Crippen LogP) is 1.52. The Hall–Kier alpha value is -0.770. The summed E-state index contributed by atoms with van der Waals surface area (Å²) in [6.45, 7) is 7.27. The monoisotopic (exact) mass is 239 g/mol. The van der Waals surface area contributed by atoms with Gasteiger partial charge >= 0.3 is 6.03 Å². The molecule has 0 aromatic rings. The number of nitrogens with zero attached hydrogens (tertiary/aromatic N) is 2.